The average Bonchev–Trinajstić information content (AvgIpc) is 2.25. The Kier molecular flexibility index (Phi) is 4.37. The first kappa shape index (κ1) is 12.6. The quantitative estimate of drug-likeness (QED) is 0.777. The second-order valence-corrected chi connectivity index (χ2v) is 3.96. The Hall–Kier alpha value is -1.49. The third-order valence-corrected chi connectivity index (χ3v) is 2.36. The van der Waals surface area contributed by atoms with Crippen LogP contribution in [0.3, 0.4) is 0 Å². The molecule has 1 aromatic heterocycles. The van der Waals surface area contributed by atoms with Gasteiger partial charge in [-0.3, -0.25) is 4.79 Å². The predicted octanol–water partition coefficient (Wildman–Crippen LogP) is -0.00938. The number of carbonyl (C=O) groups excluding carboxylic acids is 1. The Labute approximate surface area is 95.7 Å². The summed E-state index contributed by atoms with van der Waals surface area (Å²) in [6.45, 7) is 2.16. The van der Waals surface area contributed by atoms with Crippen LogP contribution in [0.1, 0.15) is 11.5 Å². The van der Waals surface area contributed by atoms with Crippen molar-refractivity contribution in [2.45, 2.75) is 13.3 Å². The number of hydrogen-bond acceptors (Lipinski definition) is 4. The summed E-state index contributed by atoms with van der Waals surface area (Å²) in [6, 6.07) is 1.82. The second kappa shape index (κ2) is 5.55. The zero-order valence-electron chi connectivity index (χ0n) is 9.97. The highest BCUT2D eigenvalue weighted by molar-refractivity contribution is 5.78. The largest absolute Gasteiger partial charge is 0.349 e. The first-order chi connectivity index (χ1) is 7.54. The second-order valence-electron chi connectivity index (χ2n) is 3.96. The van der Waals surface area contributed by atoms with Gasteiger partial charge in [0, 0.05) is 39.0 Å². The molecule has 2 N–H and O–H groups in total. The number of carbonyl (C=O) groups is 1. The fourth-order valence-corrected chi connectivity index (χ4v) is 1.51. The maximum atomic E-state index is 11.8. The van der Waals surface area contributed by atoms with Crippen LogP contribution >= 0.6 is 0 Å². The van der Waals surface area contributed by atoms with Gasteiger partial charge in [0.25, 0.3) is 0 Å². The van der Waals surface area contributed by atoms with E-state index in [9.17, 15) is 4.79 Å². The minimum atomic E-state index is -0.204. The number of nitrogens with two attached hydrogens (primary N) is 1. The molecule has 0 bridgehead atoms. The fourth-order valence-electron chi connectivity index (χ4n) is 1.51. The van der Waals surface area contributed by atoms with Crippen LogP contribution in [0.5, 0.6) is 0 Å². The van der Waals surface area contributed by atoms with Gasteiger partial charge < -0.3 is 10.6 Å². The molecule has 88 valence electrons. The number of aryl methyl sites for hydroxylation is 1. The highest BCUT2D eigenvalue weighted by atomic mass is 16.2. The molecule has 1 rings (SSSR count). The van der Waals surface area contributed by atoms with Crippen molar-refractivity contribution in [3.63, 3.8) is 0 Å². The third kappa shape index (κ3) is 3.27. The summed E-state index contributed by atoms with van der Waals surface area (Å²) in [5.41, 5.74) is 6.47. The summed E-state index contributed by atoms with van der Waals surface area (Å²) in [7, 11) is 3.46. The van der Waals surface area contributed by atoms with E-state index in [1.165, 1.54) is 0 Å². The normalized spacial score (nSPS) is 12.2. The molecule has 5 nitrogen and oxygen atoms in total. The lowest BCUT2D eigenvalue weighted by Gasteiger charge is -2.18. The minimum absolute atomic E-state index is 0.0405. The van der Waals surface area contributed by atoms with Crippen molar-refractivity contribution in [3.8, 4) is 0 Å². The van der Waals surface area contributed by atoms with E-state index in [2.05, 4.69) is 9.97 Å². The van der Waals surface area contributed by atoms with Gasteiger partial charge in [0.15, 0.2) is 0 Å². The molecule has 0 spiro atoms. The lowest BCUT2D eigenvalue weighted by atomic mass is 10.0. The zero-order valence-corrected chi connectivity index (χ0v) is 9.97. The molecule has 0 aliphatic carbocycles. The Morgan fingerprint density at radius 2 is 2.25 bits per heavy atom. The summed E-state index contributed by atoms with van der Waals surface area (Å²) in [5, 5.41) is 0. The minimum Gasteiger partial charge on any atom is -0.349 e. The molecule has 0 aliphatic rings. The molecule has 0 saturated heterocycles. The number of aromatic nitrogens is 2. The van der Waals surface area contributed by atoms with Gasteiger partial charge in [-0.1, -0.05) is 0 Å². The maximum absolute atomic E-state index is 11.8. The van der Waals surface area contributed by atoms with Crippen LogP contribution < -0.4 is 5.73 Å². The van der Waals surface area contributed by atoms with Crippen molar-refractivity contribution in [1.29, 1.82) is 0 Å². The Morgan fingerprint density at radius 3 is 2.75 bits per heavy atom. The highest BCUT2D eigenvalue weighted by Crippen LogP contribution is 2.07. The molecule has 0 saturated carbocycles. The SMILES string of the molecule is Cc1nccc(CC(CN)C(=O)N(C)C)n1. The summed E-state index contributed by atoms with van der Waals surface area (Å²) < 4.78 is 0. The van der Waals surface area contributed by atoms with E-state index < -0.39 is 0 Å². The van der Waals surface area contributed by atoms with Crippen molar-refractivity contribution in [3.05, 3.63) is 23.8 Å². The first-order valence-corrected chi connectivity index (χ1v) is 5.24. The summed E-state index contributed by atoms with van der Waals surface area (Å²) in [4.78, 5) is 21.6. The van der Waals surface area contributed by atoms with E-state index in [-0.39, 0.29) is 11.8 Å². The molecular formula is C11H18N4O. The Bertz CT molecular complexity index is 365. The smallest absolute Gasteiger partial charge is 0.226 e. The number of amides is 1. The monoisotopic (exact) mass is 222 g/mol. The van der Waals surface area contributed by atoms with Gasteiger partial charge in [-0.15, -0.1) is 0 Å². The van der Waals surface area contributed by atoms with Gasteiger partial charge in [-0.05, 0) is 13.0 Å². The lowest BCUT2D eigenvalue weighted by molar-refractivity contribution is -0.132. The third-order valence-electron chi connectivity index (χ3n) is 2.36. The van der Waals surface area contributed by atoms with Crippen LogP contribution in [0.15, 0.2) is 12.3 Å². The van der Waals surface area contributed by atoms with Crippen molar-refractivity contribution in [2.75, 3.05) is 20.6 Å². The van der Waals surface area contributed by atoms with Crippen molar-refractivity contribution in [1.82, 2.24) is 14.9 Å². The number of hydrogen-bond donors (Lipinski definition) is 1. The van der Waals surface area contributed by atoms with Crippen molar-refractivity contribution >= 4 is 5.91 Å². The summed E-state index contributed by atoms with van der Waals surface area (Å²) in [6.07, 6.45) is 2.27. The zero-order chi connectivity index (χ0) is 12.1. The topological polar surface area (TPSA) is 72.1 Å². The van der Waals surface area contributed by atoms with Crippen LogP contribution in [-0.4, -0.2) is 41.4 Å². The molecular weight excluding hydrogens is 204 g/mol. The van der Waals surface area contributed by atoms with Crippen LogP contribution in [-0.2, 0) is 11.2 Å². The first-order valence-electron chi connectivity index (χ1n) is 5.24. The van der Waals surface area contributed by atoms with Gasteiger partial charge in [0.2, 0.25) is 5.91 Å². The van der Waals surface area contributed by atoms with Gasteiger partial charge in [0.1, 0.15) is 5.82 Å². The van der Waals surface area contributed by atoms with Crippen LogP contribution in [0.2, 0.25) is 0 Å². The average molecular weight is 222 g/mol. The molecule has 0 fully saturated rings. The molecule has 1 aromatic rings. The number of nitrogens with zero attached hydrogens (tertiary/aromatic N) is 3. The fraction of sp³-hybridized carbons (Fsp3) is 0.545. The van der Waals surface area contributed by atoms with Crippen LogP contribution in [0.25, 0.3) is 0 Å². The number of rotatable bonds is 4. The molecule has 1 heterocycles. The standard InChI is InChI=1S/C11H18N4O/c1-8-13-5-4-10(14-8)6-9(7-12)11(16)15(2)3/h4-5,9H,6-7,12H2,1-3H3. The maximum Gasteiger partial charge on any atom is 0.226 e. The molecule has 1 unspecified atom stereocenters. The molecule has 16 heavy (non-hydrogen) atoms. The summed E-state index contributed by atoms with van der Waals surface area (Å²) in [5.74, 6) is 0.550. The lowest BCUT2D eigenvalue weighted by Crippen LogP contribution is -2.35. The van der Waals surface area contributed by atoms with Crippen molar-refractivity contribution < 1.29 is 4.79 Å². The van der Waals surface area contributed by atoms with E-state index in [0.717, 1.165) is 5.69 Å². The van der Waals surface area contributed by atoms with Crippen molar-refractivity contribution in [2.24, 2.45) is 11.7 Å². The summed E-state index contributed by atoms with van der Waals surface area (Å²) >= 11 is 0. The van der Waals surface area contributed by atoms with E-state index in [0.29, 0.717) is 18.8 Å². The highest BCUT2D eigenvalue weighted by Gasteiger charge is 2.19. The molecule has 0 aliphatic heterocycles. The van der Waals surface area contributed by atoms with Gasteiger partial charge in [-0.25, -0.2) is 9.97 Å². The molecule has 1 amide bonds. The van der Waals surface area contributed by atoms with E-state index in [4.69, 9.17) is 5.73 Å². The molecule has 0 radical (unpaired) electrons. The Balaban J connectivity index is 2.74. The van der Waals surface area contributed by atoms with Gasteiger partial charge in [0.05, 0.1) is 5.92 Å². The van der Waals surface area contributed by atoms with E-state index >= 15 is 0 Å². The van der Waals surface area contributed by atoms with Gasteiger partial charge in [-0.2, -0.15) is 0 Å². The van der Waals surface area contributed by atoms with Crippen LogP contribution in [0, 0.1) is 12.8 Å². The Morgan fingerprint density at radius 1 is 1.56 bits per heavy atom. The van der Waals surface area contributed by atoms with E-state index in [1.54, 1.807) is 25.2 Å². The molecule has 5 heteroatoms. The predicted molar refractivity (Wildman–Crippen MR) is 61.7 cm³/mol. The molecule has 1 atom stereocenters. The molecule has 0 aromatic carbocycles. The van der Waals surface area contributed by atoms with Gasteiger partial charge >= 0.3 is 0 Å². The van der Waals surface area contributed by atoms with Crippen LogP contribution in [0.4, 0.5) is 0 Å². The van der Waals surface area contributed by atoms with E-state index in [1.807, 2.05) is 13.0 Å².